The molecule has 1 aromatic carbocycles. The molecule has 0 spiro atoms. The van der Waals surface area contributed by atoms with Crippen molar-refractivity contribution in [2.24, 2.45) is 0 Å². The molecule has 0 radical (unpaired) electrons. The lowest BCUT2D eigenvalue weighted by Crippen LogP contribution is -2.19. The third-order valence-electron chi connectivity index (χ3n) is 2.09. The van der Waals surface area contributed by atoms with Gasteiger partial charge >= 0.3 is 5.97 Å². The Balaban J connectivity index is 2.74. The van der Waals surface area contributed by atoms with Crippen LogP contribution in [0.5, 0.6) is 0 Å². The maximum atomic E-state index is 11.7. The Morgan fingerprint density at radius 2 is 1.94 bits per heavy atom. The van der Waals surface area contributed by atoms with E-state index in [1.807, 2.05) is 37.3 Å². The molecule has 0 aromatic heterocycles. The van der Waals surface area contributed by atoms with Gasteiger partial charge in [0.05, 0.1) is 6.61 Å². The van der Waals surface area contributed by atoms with Gasteiger partial charge in [-0.2, -0.15) is 0 Å². The van der Waals surface area contributed by atoms with E-state index in [4.69, 9.17) is 9.47 Å². The van der Waals surface area contributed by atoms with Crippen LogP contribution >= 0.6 is 0 Å². The Hall–Kier alpha value is -1.35. The highest BCUT2D eigenvalue weighted by Gasteiger charge is 2.21. The second-order valence-corrected chi connectivity index (χ2v) is 3.41. The van der Waals surface area contributed by atoms with Crippen LogP contribution in [0.2, 0.25) is 0 Å². The van der Waals surface area contributed by atoms with E-state index in [9.17, 15) is 4.79 Å². The summed E-state index contributed by atoms with van der Waals surface area (Å²) in [7, 11) is 0. The van der Waals surface area contributed by atoms with Gasteiger partial charge in [-0.25, -0.2) is 4.79 Å². The zero-order valence-corrected chi connectivity index (χ0v) is 9.81. The minimum Gasteiger partial charge on any atom is -0.464 e. The average molecular weight is 222 g/mol. The quantitative estimate of drug-likeness (QED) is 0.694. The van der Waals surface area contributed by atoms with Gasteiger partial charge in [-0.3, -0.25) is 0 Å². The SMILES string of the molecule is CCCOC(C(=O)OCC)c1ccccc1. The first-order valence-electron chi connectivity index (χ1n) is 5.62. The van der Waals surface area contributed by atoms with Crippen molar-refractivity contribution in [3.8, 4) is 0 Å². The summed E-state index contributed by atoms with van der Waals surface area (Å²) in [6.07, 6.45) is 0.282. The summed E-state index contributed by atoms with van der Waals surface area (Å²) in [6, 6.07) is 9.42. The van der Waals surface area contributed by atoms with Crippen LogP contribution < -0.4 is 0 Å². The lowest BCUT2D eigenvalue weighted by molar-refractivity contribution is -0.157. The van der Waals surface area contributed by atoms with Gasteiger partial charge < -0.3 is 9.47 Å². The van der Waals surface area contributed by atoms with E-state index in [1.165, 1.54) is 0 Å². The highest BCUT2D eigenvalue weighted by Crippen LogP contribution is 2.19. The van der Waals surface area contributed by atoms with Crippen LogP contribution in [0.25, 0.3) is 0 Å². The second-order valence-electron chi connectivity index (χ2n) is 3.41. The fourth-order valence-corrected chi connectivity index (χ4v) is 1.38. The minimum absolute atomic E-state index is 0.317. The molecular weight excluding hydrogens is 204 g/mol. The molecule has 1 atom stereocenters. The number of rotatable bonds is 6. The van der Waals surface area contributed by atoms with E-state index in [0.717, 1.165) is 12.0 Å². The number of benzene rings is 1. The Morgan fingerprint density at radius 1 is 1.25 bits per heavy atom. The second kappa shape index (κ2) is 7.01. The van der Waals surface area contributed by atoms with Gasteiger partial charge in [0.25, 0.3) is 0 Å². The number of ether oxygens (including phenoxy) is 2. The topological polar surface area (TPSA) is 35.5 Å². The standard InChI is InChI=1S/C13H18O3/c1-3-10-16-12(13(14)15-4-2)11-8-6-5-7-9-11/h5-9,12H,3-4,10H2,1-2H3. The van der Waals surface area contributed by atoms with Crippen LogP contribution in [0.4, 0.5) is 0 Å². The molecule has 3 nitrogen and oxygen atoms in total. The zero-order valence-electron chi connectivity index (χ0n) is 9.81. The van der Waals surface area contributed by atoms with Gasteiger partial charge in [-0.05, 0) is 18.9 Å². The summed E-state index contributed by atoms with van der Waals surface area (Å²) < 4.78 is 10.5. The molecule has 1 unspecified atom stereocenters. The number of hydrogen-bond donors (Lipinski definition) is 0. The van der Waals surface area contributed by atoms with Crippen LogP contribution in [-0.2, 0) is 14.3 Å². The van der Waals surface area contributed by atoms with E-state index in [2.05, 4.69) is 0 Å². The summed E-state index contributed by atoms with van der Waals surface area (Å²) in [5.74, 6) is -0.317. The van der Waals surface area contributed by atoms with E-state index < -0.39 is 6.10 Å². The fraction of sp³-hybridized carbons (Fsp3) is 0.462. The summed E-state index contributed by atoms with van der Waals surface area (Å²) >= 11 is 0. The van der Waals surface area contributed by atoms with Gasteiger partial charge in [0.1, 0.15) is 0 Å². The maximum absolute atomic E-state index is 11.7. The Bertz CT molecular complexity index is 308. The predicted octanol–water partition coefficient (Wildman–Crippen LogP) is 2.72. The Labute approximate surface area is 96.4 Å². The van der Waals surface area contributed by atoms with Gasteiger partial charge in [0.15, 0.2) is 6.10 Å². The zero-order chi connectivity index (χ0) is 11.8. The van der Waals surface area contributed by atoms with Crippen molar-refractivity contribution in [3.05, 3.63) is 35.9 Å². The number of hydrogen-bond acceptors (Lipinski definition) is 3. The highest BCUT2D eigenvalue weighted by atomic mass is 16.6. The Kier molecular flexibility index (Phi) is 5.57. The molecule has 0 bridgehead atoms. The molecule has 0 heterocycles. The number of carbonyl (C=O) groups excluding carboxylic acids is 1. The van der Waals surface area contributed by atoms with Crippen LogP contribution in [0, 0.1) is 0 Å². The summed E-state index contributed by atoms with van der Waals surface area (Å²) in [5, 5.41) is 0. The largest absolute Gasteiger partial charge is 0.464 e. The first-order valence-corrected chi connectivity index (χ1v) is 5.62. The smallest absolute Gasteiger partial charge is 0.339 e. The molecule has 0 aliphatic carbocycles. The van der Waals surface area contributed by atoms with Crippen LogP contribution in [0.15, 0.2) is 30.3 Å². The summed E-state index contributed by atoms with van der Waals surface area (Å²) in [6.45, 7) is 4.73. The lowest BCUT2D eigenvalue weighted by atomic mass is 10.1. The van der Waals surface area contributed by atoms with E-state index in [0.29, 0.717) is 13.2 Å². The molecule has 0 aliphatic heterocycles. The van der Waals surface area contributed by atoms with Crippen LogP contribution in [0.1, 0.15) is 31.9 Å². The Morgan fingerprint density at radius 3 is 2.50 bits per heavy atom. The first-order chi connectivity index (χ1) is 7.79. The third-order valence-corrected chi connectivity index (χ3v) is 2.09. The van der Waals surface area contributed by atoms with E-state index in [1.54, 1.807) is 6.92 Å². The van der Waals surface area contributed by atoms with Gasteiger partial charge in [-0.1, -0.05) is 37.3 Å². The van der Waals surface area contributed by atoms with Gasteiger partial charge in [0, 0.05) is 6.61 Å². The number of carbonyl (C=O) groups is 1. The maximum Gasteiger partial charge on any atom is 0.339 e. The van der Waals surface area contributed by atoms with Crippen molar-refractivity contribution in [1.82, 2.24) is 0 Å². The molecular formula is C13H18O3. The van der Waals surface area contributed by atoms with Crippen LogP contribution in [-0.4, -0.2) is 19.2 Å². The van der Waals surface area contributed by atoms with E-state index >= 15 is 0 Å². The van der Waals surface area contributed by atoms with Crippen molar-refractivity contribution in [1.29, 1.82) is 0 Å². The average Bonchev–Trinajstić information content (AvgIpc) is 2.31. The molecule has 0 fully saturated rings. The summed E-state index contributed by atoms with van der Waals surface area (Å²) in [5.41, 5.74) is 0.842. The molecule has 88 valence electrons. The van der Waals surface area contributed by atoms with E-state index in [-0.39, 0.29) is 5.97 Å². The normalized spacial score (nSPS) is 12.1. The molecule has 0 aliphatic rings. The fourth-order valence-electron chi connectivity index (χ4n) is 1.38. The molecule has 1 rings (SSSR count). The molecule has 0 saturated carbocycles. The van der Waals surface area contributed by atoms with Gasteiger partial charge in [0.2, 0.25) is 0 Å². The number of esters is 1. The van der Waals surface area contributed by atoms with Crippen LogP contribution in [0.3, 0.4) is 0 Å². The first kappa shape index (κ1) is 12.7. The van der Waals surface area contributed by atoms with Crippen molar-refractivity contribution < 1.29 is 14.3 Å². The van der Waals surface area contributed by atoms with Crippen molar-refractivity contribution in [2.75, 3.05) is 13.2 Å². The minimum atomic E-state index is -0.596. The molecule has 0 N–H and O–H groups in total. The molecule has 1 aromatic rings. The third kappa shape index (κ3) is 3.66. The monoisotopic (exact) mass is 222 g/mol. The summed E-state index contributed by atoms with van der Waals surface area (Å²) in [4.78, 5) is 11.7. The molecule has 16 heavy (non-hydrogen) atoms. The van der Waals surface area contributed by atoms with Crippen molar-refractivity contribution in [3.63, 3.8) is 0 Å². The lowest BCUT2D eigenvalue weighted by Gasteiger charge is -2.16. The molecule has 0 saturated heterocycles. The van der Waals surface area contributed by atoms with Gasteiger partial charge in [-0.15, -0.1) is 0 Å². The van der Waals surface area contributed by atoms with Crippen molar-refractivity contribution >= 4 is 5.97 Å². The molecule has 0 amide bonds. The molecule has 3 heteroatoms. The predicted molar refractivity (Wildman–Crippen MR) is 62.1 cm³/mol. The highest BCUT2D eigenvalue weighted by molar-refractivity contribution is 5.76. The van der Waals surface area contributed by atoms with Crippen molar-refractivity contribution in [2.45, 2.75) is 26.4 Å².